The fourth-order valence-electron chi connectivity index (χ4n) is 4.75. The number of rotatable bonds is 6. The Morgan fingerprint density at radius 1 is 1.06 bits per heavy atom. The molecule has 0 saturated carbocycles. The SMILES string of the molecule is CC1(C)CCCN(CCCOc2ccc(C3(O)CCN(C(=O)OC(C)(C)C)CC3)cc2)C1. The third-order valence-corrected chi connectivity index (χ3v) is 6.50. The van der Waals surface area contributed by atoms with Gasteiger partial charge in [-0.1, -0.05) is 26.0 Å². The summed E-state index contributed by atoms with van der Waals surface area (Å²) in [6.07, 6.45) is 4.31. The van der Waals surface area contributed by atoms with Gasteiger partial charge in [0.05, 0.1) is 12.2 Å². The molecule has 2 heterocycles. The van der Waals surface area contributed by atoms with Crippen LogP contribution in [0.1, 0.15) is 72.3 Å². The standard InChI is InChI=1S/C26H42N2O4/c1-24(2,3)32-23(29)28-17-13-26(30,14-18-28)21-8-10-22(11-9-21)31-19-7-16-27-15-6-12-25(4,5)20-27/h8-11,30H,6-7,12-20H2,1-5H3. The smallest absolute Gasteiger partial charge is 0.410 e. The first-order chi connectivity index (χ1) is 15.0. The molecular formula is C26H42N2O4. The molecular weight excluding hydrogens is 404 g/mol. The highest BCUT2D eigenvalue weighted by atomic mass is 16.6. The second-order valence-corrected chi connectivity index (χ2v) is 11.3. The van der Waals surface area contributed by atoms with Gasteiger partial charge in [-0.3, -0.25) is 0 Å². The zero-order valence-corrected chi connectivity index (χ0v) is 20.7. The molecule has 2 aliphatic heterocycles. The maximum Gasteiger partial charge on any atom is 0.410 e. The number of nitrogens with zero attached hydrogens (tertiary/aromatic N) is 2. The van der Waals surface area contributed by atoms with Crippen LogP contribution in [0.2, 0.25) is 0 Å². The van der Waals surface area contributed by atoms with Gasteiger partial charge in [-0.25, -0.2) is 4.79 Å². The van der Waals surface area contributed by atoms with E-state index in [4.69, 9.17) is 9.47 Å². The van der Waals surface area contributed by atoms with Gasteiger partial charge in [0.2, 0.25) is 0 Å². The fourth-order valence-corrected chi connectivity index (χ4v) is 4.75. The second kappa shape index (κ2) is 10.0. The summed E-state index contributed by atoms with van der Waals surface area (Å²) in [7, 11) is 0. The number of aliphatic hydroxyl groups is 1. The predicted molar refractivity (Wildman–Crippen MR) is 127 cm³/mol. The number of hydrogen-bond donors (Lipinski definition) is 1. The van der Waals surface area contributed by atoms with Crippen LogP contribution in [-0.2, 0) is 10.3 Å². The van der Waals surface area contributed by atoms with Crippen LogP contribution in [0.3, 0.4) is 0 Å². The first kappa shape index (κ1) is 24.8. The Morgan fingerprint density at radius 2 is 1.72 bits per heavy atom. The molecule has 0 atom stereocenters. The van der Waals surface area contributed by atoms with Crippen LogP contribution in [-0.4, -0.2) is 65.9 Å². The molecule has 1 aromatic rings. The van der Waals surface area contributed by atoms with Gasteiger partial charge in [0.15, 0.2) is 0 Å². The molecule has 6 heteroatoms. The lowest BCUT2D eigenvalue weighted by Gasteiger charge is -2.39. The summed E-state index contributed by atoms with van der Waals surface area (Å²) in [5.74, 6) is 0.836. The lowest BCUT2D eigenvalue weighted by atomic mass is 9.84. The maximum atomic E-state index is 12.3. The molecule has 0 aliphatic carbocycles. The van der Waals surface area contributed by atoms with Crippen molar-refractivity contribution in [2.45, 2.75) is 77.9 Å². The molecule has 0 spiro atoms. The van der Waals surface area contributed by atoms with Crippen molar-refractivity contribution in [3.05, 3.63) is 29.8 Å². The van der Waals surface area contributed by atoms with E-state index in [1.165, 1.54) is 25.9 Å². The molecule has 2 fully saturated rings. The molecule has 1 N–H and O–H groups in total. The minimum Gasteiger partial charge on any atom is -0.494 e. The number of carbonyl (C=O) groups excluding carboxylic acids is 1. The van der Waals surface area contributed by atoms with Crippen molar-refractivity contribution in [1.29, 1.82) is 0 Å². The Kier molecular flexibility index (Phi) is 7.77. The zero-order valence-electron chi connectivity index (χ0n) is 20.7. The highest BCUT2D eigenvalue weighted by Crippen LogP contribution is 2.34. The molecule has 3 rings (SSSR count). The van der Waals surface area contributed by atoms with Gasteiger partial charge < -0.3 is 24.4 Å². The van der Waals surface area contributed by atoms with Crippen LogP contribution in [0.15, 0.2) is 24.3 Å². The van der Waals surface area contributed by atoms with Crippen molar-refractivity contribution < 1.29 is 19.4 Å². The highest BCUT2D eigenvalue weighted by Gasteiger charge is 2.36. The number of hydrogen-bond acceptors (Lipinski definition) is 5. The van der Waals surface area contributed by atoms with Crippen LogP contribution < -0.4 is 4.74 Å². The summed E-state index contributed by atoms with van der Waals surface area (Å²) in [4.78, 5) is 16.5. The predicted octanol–water partition coefficient (Wildman–Crippen LogP) is 4.80. The molecule has 0 bridgehead atoms. The Hall–Kier alpha value is -1.79. The monoisotopic (exact) mass is 446 g/mol. The van der Waals surface area contributed by atoms with Crippen molar-refractivity contribution in [1.82, 2.24) is 9.80 Å². The Balaban J connectivity index is 1.42. The molecule has 2 aliphatic rings. The molecule has 180 valence electrons. The Morgan fingerprint density at radius 3 is 2.31 bits per heavy atom. The summed E-state index contributed by atoms with van der Waals surface area (Å²) in [6, 6.07) is 7.78. The topological polar surface area (TPSA) is 62.2 Å². The summed E-state index contributed by atoms with van der Waals surface area (Å²) in [6.45, 7) is 15.4. The minimum absolute atomic E-state index is 0.309. The van der Waals surface area contributed by atoms with Crippen LogP contribution in [0.4, 0.5) is 4.79 Å². The normalized spacial score (nSPS) is 21.2. The van der Waals surface area contributed by atoms with Crippen molar-refractivity contribution in [2.24, 2.45) is 5.41 Å². The molecule has 32 heavy (non-hydrogen) atoms. The zero-order chi connectivity index (χ0) is 23.4. The minimum atomic E-state index is -0.919. The third-order valence-electron chi connectivity index (χ3n) is 6.50. The Bertz CT molecular complexity index is 746. The van der Waals surface area contributed by atoms with E-state index in [0.717, 1.165) is 24.3 Å². The quantitative estimate of drug-likeness (QED) is 0.636. The molecule has 2 saturated heterocycles. The number of amides is 1. The van der Waals surface area contributed by atoms with Gasteiger partial charge in [0, 0.05) is 26.2 Å². The summed E-state index contributed by atoms with van der Waals surface area (Å²) in [5, 5.41) is 11.1. The molecule has 1 amide bonds. The lowest BCUT2D eigenvalue weighted by Crippen LogP contribution is -2.46. The van der Waals surface area contributed by atoms with Gasteiger partial charge in [-0.15, -0.1) is 0 Å². The molecule has 6 nitrogen and oxygen atoms in total. The van der Waals surface area contributed by atoms with E-state index in [2.05, 4.69) is 18.7 Å². The first-order valence-electron chi connectivity index (χ1n) is 12.1. The number of likely N-dealkylation sites (tertiary alicyclic amines) is 2. The van der Waals surface area contributed by atoms with E-state index < -0.39 is 11.2 Å². The number of carbonyl (C=O) groups is 1. The van der Waals surface area contributed by atoms with Crippen LogP contribution in [0, 0.1) is 5.41 Å². The Labute approximate surface area is 193 Å². The van der Waals surface area contributed by atoms with E-state index in [1.54, 1.807) is 4.90 Å². The highest BCUT2D eigenvalue weighted by molar-refractivity contribution is 5.68. The summed E-state index contributed by atoms with van der Waals surface area (Å²) in [5.41, 5.74) is -0.120. The van der Waals surface area contributed by atoms with Crippen LogP contribution in [0.5, 0.6) is 5.75 Å². The van der Waals surface area contributed by atoms with E-state index in [-0.39, 0.29) is 6.09 Å². The van der Waals surface area contributed by atoms with Crippen molar-refractivity contribution in [2.75, 3.05) is 39.3 Å². The fraction of sp³-hybridized carbons (Fsp3) is 0.731. The van der Waals surface area contributed by atoms with E-state index in [9.17, 15) is 9.90 Å². The lowest BCUT2D eigenvalue weighted by molar-refractivity contribution is -0.0356. The van der Waals surface area contributed by atoms with E-state index >= 15 is 0 Å². The van der Waals surface area contributed by atoms with E-state index in [1.807, 2.05) is 45.0 Å². The van der Waals surface area contributed by atoms with Crippen LogP contribution >= 0.6 is 0 Å². The number of ether oxygens (including phenoxy) is 2. The average molecular weight is 447 g/mol. The van der Waals surface area contributed by atoms with Crippen molar-refractivity contribution in [3.8, 4) is 5.75 Å². The summed E-state index contributed by atoms with van der Waals surface area (Å²) < 4.78 is 11.4. The molecule has 1 aromatic carbocycles. The van der Waals surface area contributed by atoms with Gasteiger partial charge >= 0.3 is 6.09 Å². The molecule has 0 aromatic heterocycles. The number of benzene rings is 1. The van der Waals surface area contributed by atoms with E-state index in [0.29, 0.717) is 38.0 Å². The van der Waals surface area contributed by atoms with Crippen molar-refractivity contribution in [3.63, 3.8) is 0 Å². The molecule has 0 radical (unpaired) electrons. The van der Waals surface area contributed by atoms with Crippen LogP contribution in [0.25, 0.3) is 0 Å². The maximum absolute atomic E-state index is 12.3. The van der Waals surface area contributed by atoms with Crippen molar-refractivity contribution >= 4 is 6.09 Å². The average Bonchev–Trinajstić information content (AvgIpc) is 2.70. The number of piperidine rings is 2. The first-order valence-corrected chi connectivity index (χ1v) is 12.1. The summed E-state index contributed by atoms with van der Waals surface area (Å²) >= 11 is 0. The van der Waals surface area contributed by atoms with Gasteiger partial charge in [0.25, 0.3) is 0 Å². The third kappa shape index (κ3) is 7.11. The van der Waals surface area contributed by atoms with Gasteiger partial charge in [-0.2, -0.15) is 0 Å². The van der Waals surface area contributed by atoms with Gasteiger partial charge in [0.1, 0.15) is 11.4 Å². The van der Waals surface area contributed by atoms with Gasteiger partial charge in [-0.05, 0) is 82.5 Å². The largest absolute Gasteiger partial charge is 0.494 e. The second-order valence-electron chi connectivity index (χ2n) is 11.3. The molecule has 0 unspecified atom stereocenters.